The lowest BCUT2D eigenvalue weighted by molar-refractivity contribution is -0.111. The minimum absolute atomic E-state index is 0.227. The number of hydrogen-bond donors (Lipinski definition) is 3. The van der Waals surface area contributed by atoms with Gasteiger partial charge in [0, 0.05) is 54.4 Å². The van der Waals surface area contributed by atoms with Gasteiger partial charge in [-0.25, -0.2) is 19.5 Å². The van der Waals surface area contributed by atoms with Gasteiger partial charge in [0.05, 0.1) is 16.8 Å². The van der Waals surface area contributed by atoms with E-state index in [1.165, 1.54) is 12.4 Å². The van der Waals surface area contributed by atoms with E-state index in [4.69, 9.17) is 4.74 Å². The van der Waals surface area contributed by atoms with Crippen molar-refractivity contribution in [2.24, 2.45) is 5.41 Å². The number of nitrogens with zero attached hydrogens (tertiary/aromatic N) is 6. The van der Waals surface area contributed by atoms with Crippen LogP contribution in [0.1, 0.15) is 12.0 Å². The topological polar surface area (TPSA) is 122 Å². The monoisotopic (exact) mass is 629 g/mol. The zero-order chi connectivity index (χ0) is 31.3. The van der Waals surface area contributed by atoms with Gasteiger partial charge in [-0.05, 0) is 73.0 Å². The highest BCUT2D eigenvalue weighted by Crippen LogP contribution is 2.42. The van der Waals surface area contributed by atoms with Crippen LogP contribution in [-0.4, -0.2) is 56.7 Å². The van der Waals surface area contributed by atoms with Crippen LogP contribution in [0, 0.1) is 12.3 Å². The molecule has 11 nitrogen and oxygen atoms in total. The lowest BCUT2D eigenvalue weighted by atomic mass is 9.81. The Morgan fingerprint density at radius 1 is 1.09 bits per heavy atom. The molecule has 1 amide bonds. The molecule has 0 radical (unpaired) electrons. The molecule has 46 heavy (non-hydrogen) atoms. The molecule has 2 aliphatic rings. The first-order chi connectivity index (χ1) is 22.4. The summed E-state index contributed by atoms with van der Waals surface area (Å²) in [7, 11) is 0. The van der Waals surface area contributed by atoms with Gasteiger partial charge in [-0.15, -0.1) is 11.3 Å². The van der Waals surface area contributed by atoms with Gasteiger partial charge in [-0.2, -0.15) is 5.10 Å². The molecular weight excluding hydrogens is 599 g/mol. The van der Waals surface area contributed by atoms with Crippen molar-refractivity contribution in [3.05, 3.63) is 91.7 Å². The Hall–Kier alpha value is -5.33. The molecule has 2 saturated heterocycles. The number of thiophene rings is 1. The van der Waals surface area contributed by atoms with E-state index in [1.54, 1.807) is 22.2 Å². The van der Waals surface area contributed by atoms with Gasteiger partial charge >= 0.3 is 0 Å². The number of anilines is 4. The number of aromatic nitrogens is 5. The molecule has 8 rings (SSSR count). The summed E-state index contributed by atoms with van der Waals surface area (Å²) >= 11 is 1.59. The van der Waals surface area contributed by atoms with Gasteiger partial charge in [0.2, 0.25) is 5.91 Å². The molecule has 0 bridgehead atoms. The molecule has 6 aromatic rings. The van der Waals surface area contributed by atoms with E-state index in [2.05, 4.69) is 71.7 Å². The van der Waals surface area contributed by atoms with Crippen molar-refractivity contribution in [1.29, 1.82) is 0 Å². The van der Waals surface area contributed by atoms with Crippen molar-refractivity contribution in [2.45, 2.75) is 13.3 Å². The highest BCUT2D eigenvalue weighted by atomic mass is 32.1. The fraction of sp³-hybridized carbons (Fsp3) is 0.206. The lowest BCUT2D eigenvalue weighted by Crippen LogP contribution is -2.54. The Balaban J connectivity index is 1.05. The number of carbonyl (C=O) groups excluding carboxylic acids is 1. The van der Waals surface area contributed by atoms with E-state index in [0.717, 1.165) is 87.3 Å². The van der Waals surface area contributed by atoms with Crippen molar-refractivity contribution in [2.75, 3.05) is 41.7 Å². The minimum atomic E-state index is -0.227. The number of rotatable bonds is 8. The van der Waals surface area contributed by atoms with Gasteiger partial charge in [-0.3, -0.25) is 4.79 Å². The second-order valence-electron chi connectivity index (χ2n) is 11.9. The van der Waals surface area contributed by atoms with Crippen LogP contribution in [0.3, 0.4) is 0 Å². The molecule has 0 unspecified atom stereocenters. The first kappa shape index (κ1) is 28.2. The van der Waals surface area contributed by atoms with Crippen molar-refractivity contribution in [3.63, 3.8) is 0 Å². The van der Waals surface area contributed by atoms with Gasteiger partial charge in [-0.1, -0.05) is 12.6 Å². The van der Waals surface area contributed by atoms with Crippen LogP contribution in [0.15, 0.2) is 86.1 Å². The van der Waals surface area contributed by atoms with Crippen LogP contribution in [0.25, 0.3) is 26.3 Å². The van der Waals surface area contributed by atoms with E-state index in [1.807, 2.05) is 43.5 Å². The number of fused-ring (bicyclic) bond motifs is 2. The number of hydrogen-bond acceptors (Lipinski definition) is 10. The molecule has 1 spiro atoms. The van der Waals surface area contributed by atoms with Crippen LogP contribution >= 0.6 is 11.3 Å². The Morgan fingerprint density at radius 3 is 2.80 bits per heavy atom. The highest BCUT2D eigenvalue weighted by molar-refractivity contribution is 7.21. The Bertz CT molecular complexity index is 2130. The molecule has 2 fully saturated rings. The molecule has 6 heterocycles. The van der Waals surface area contributed by atoms with Crippen LogP contribution in [0.5, 0.6) is 11.5 Å². The van der Waals surface area contributed by atoms with Crippen molar-refractivity contribution < 1.29 is 9.53 Å². The highest BCUT2D eigenvalue weighted by Gasteiger charge is 2.43. The summed E-state index contributed by atoms with van der Waals surface area (Å²) in [5, 5.41) is 15.0. The largest absolute Gasteiger partial charge is 0.457 e. The second kappa shape index (κ2) is 11.2. The summed E-state index contributed by atoms with van der Waals surface area (Å²) in [5.74, 6) is 1.92. The molecule has 230 valence electrons. The van der Waals surface area contributed by atoms with Gasteiger partial charge in [0.1, 0.15) is 34.8 Å². The quantitative estimate of drug-likeness (QED) is 0.170. The maximum atomic E-state index is 12.4. The third-order valence-corrected chi connectivity index (χ3v) is 9.84. The first-order valence-electron chi connectivity index (χ1n) is 15.1. The Kier molecular flexibility index (Phi) is 6.88. The lowest BCUT2D eigenvalue weighted by Gasteiger charge is -2.39. The fourth-order valence-electron chi connectivity index (χ4n) is 6.22. The number of amides is 1. The van der Waals surface area contributed by atoms with Gasteiger partial charge in [0.25, 0.3) is 0 Å². The van der Waals surface area contributed by atoms with Crippen molar-refractivity contribution in [1.82, 2.24) is 29.9 Å². The van der Waals surface area contributed by atoms with Crippen LogP contribution in [-0.2, 0) is 4.79 Å². The summed E-state index contributed by atoms with van der Waals surface area (Å²) in [6.07, 6.45) is 7.37. The molecule has 0 aliphatic carbocycles. The predicted molar refractivity (Wildman–Crippen MR) is 181 cm³/mol. The number of aryl methyl sites for hydroxylation is 1. The van der Waals surface area contributed by atoms with E-state index < -0.39 is 0 Å². The normalized spacial score (nSPS) is 15.3. The number of nitrogens with one attached hydrogen (secondary N) is 3. The Morgan fingerprint density at radius 2 is 2.00 bits per heavy atom. The van der Waals surface area contributed by atoms with Crippen molar-refractivity contribution in [3.8, 4) is 21.9 Å². The number of carbonyl (C=O) groups is 1. The van der Waals surface area contributed by atoms with E-state index in [-0.39, 0.29) is 5.91 Å². The summed E-state index contributed by atoms with van der Waals surface area (Å²) in [6, 6.07) is 18.0. The number of pyridine rings is 1. The van der Waals surface area contributed by atoms with Crippen LogP contribution in [0.4, 0.5) is 22.9 Å². The number of benzene rings is 2. The smallest absolute Gasteiger partial charge is 0.247 e. The molecule has 0 saturated carbocycles. The third kappa shape index (κ3) is 5.21. The number of ether oxygens (including phenoxy) is 1. The van der Waals surface area contributed by atoms with Crippen molar-refractivity contribution >= 4 is 56.0 Å². The maximum absolute atomic E-state index is 12.4. The molecule has 2 aliphatic heterocycles. The van der Waals surface area contributed by atoms with Gasteiger partial charge in [0.15, 0.2) is 5.65 Å². The summed E-state index contributed by atoms with van der Waals surface area (Å²) in [4.78, 5) is 30.1. The average molecular weight is 630 g/mol. The summed E-state index contributed by atoms with van der Waals surface area (Å²) in [5.41, 5.74) is 5.73. The van der Waals surface area contributed by atoms with Crippen LogP contribution in [0.2, 0.25) is 0 Å². The molecule has 12 heteroatoms. The minimum Gasteiger partial charge on any atom is -0.457 e. The predicted octanol–water partition coefficient (Wildman–Crippen LogP) is 6.17. The summed E-state index contributed by atoms with van der Waals surface area (Å²) in [6.45, 7) is 9.71. The second-order valence-corrected chi connectivity index (χ2v) is 12.9. The molecule has 4 aromatic heterocycles. The molecule has 2 aromatic carbocycles. The SMILES string of the molecule is C=CC(=O)Nc1cc(-c2cc3c(Nc4ccc(Oc5ccn6ncnc6c5)c(C)c4)ncnc3s2)ccc1N1CCC2(CNC2)C1. The molecule has 0 atom stereocenters. The fourth-order valence-corrected chi connectivity index (χ4v) is 7.21. The zero-order valence-corrected chi connectivity index (χ0v) is 26.0. The third-order valence-electron chi connectivity index (χ3n) is 8.75. The van der Waals surface area contributed by atoms with E-state index >= 15 is 0 Å². The van der Waals surface area contributed by atoms with Gasteiger partial charge < -0.3 is 25.6 Å². The molecule has 3 N–H and O–H groups in total. The van der Waals surface area contributed by atoms with E-state index in [9.17, 15) is 4.79 Å². The zero-order valence-electron chi connectivity index (χ0n) is 25.2. The van der Waals surface area contributed by atoms with E-state index in [0.29, 0.717) is 17.0 Å². The first-order valence-corrected chi connectivity index (χ1v) is 15.9. The Labute approximate surface area is 269 Å². The summed E-state index contributed by atoms with van der Waals surface area (Å²) < 4.78 is 7.84. The maximum Gasteiger partial charge on any atom is 0.247 e. The average Bonchev–Trinajstić information content (AvgIpc) is 3.81. The molecular formula is C34H31N9O2S. The standard InChI is InChI=1S/C34H31N9O2S/c1-3-31(44)41-26-13-22(4-6-27(26)42-11-9-34(18-42)16-35-17-34)29-15-25-32(37-19-38-33(25)46-29)40-23-5-7-28(21(2)12-23)45-24-8-10-43-30(14-24)36-20-39-43/h3-8,10,12-15,19-20,35H,1,9,11,16-18H2,2H3,(H,41,44)(H,37,38,40). The van der Waals surface area contributed by atoms with Crippen LogP contribution < -0.4 is 25.6 Å².